The molecule has 0 unspecified atom stereocenters. The van der Waals surface area contributed by atoms with E-state index in [4.69, 9.17) is 4.74 Å². The van der Waals surface area contributed by atoms with Gasteiger partial charge in [-0.25, -0.2) is 0 Å². The summed E-state index contributed by atoms with van der Waals surface area (Å²) < 4.78 is 5.16. The summed E-state index contributed by atoms with van der Waals surface area (Å²) in [5.74, 6) is -0.0410. The number of ketones is 1. The van der Waals surface area contributed by atoms with E-state index in [0.29, 0.717) is 17.7 Å². The van der Waals surface area contributed by atoms with Crippen molar-refractivity contribution in [3.05, 3.63) is 28.8 Å². The van der Waals surface area contributed by atoms with Crippen LogP contribution in [0.4, 0.5) is 0 Å². The molecule has 0 saturated heterocycles. The molecule has 0 aliphatic rings. The van der Waals surface area contributed by atoms with E-state index >= 15 is 0 Å². The van der Waals surface area contributed by atoms with Crippen molar-refractivity contribution < 1.29 is 14.3 Å². The lowest BCUT2D eigenvalue weighted by atomic mass is 10.0. The molecule has 0 fully saturated rings. The van der Waals surface area contributed by atoms with Crippen molar-refractivity contribution in [2.75, 3.05) is 0 Å². The maximum absolute atomic E-state index is 11.5. The van der Waals surface area contributed by atoms with Crippen LogP contribution in [0.25, 0.3) is 0 Å². The van der Waals surface area contributed by atoms with Crippen LogP contribution in [-0.4, -0.2) is 11.8 Å². The number of aryl methyl sites for hydroxylation is 2. The molecule has 0 radical (unpaired) electrons. The van der Waals surface area contributed by atoms with Crippen LogP contribution in [0.5, 0.6) is 5.75 Å². The van der Waals surface area contributed by atoms with Crippen molar-refractivity contribution in [3.8, 4) is 5.75 Å². The number of carbonyl (C=O) groups excluding carboxylic acids is 2. The molecule has 0 aliphatic carbocycles. The van der Waals surface area contributed by atoms with Gasteiger partial charge in [0, 0.05) is 6.42 Å². The first-order valence-electron chi connectivity index (χ1n) is 5.28. The summed E-state index contributed by atoms with van der Waals surface area (Å²) in [6.07, 6.45) is 0.296. The number of rotatable bonds is 3. The van der Waals surface area contributed by atoms with Crippen molar-refractivity contribution in [2.45, 2.75) is 34.1 Å². The van der Waals surface area contributed by atoms with Gasteiger partial charge in [-0.15, -0.1) is 0 Å². The second kappa shape index (κ2) is 4.92. The summed E-state index contributed by atoms with van der Waals surface area (Å²) in [4.78, 5) is 22.7. The summed E-state index contributed by atoms with van der Waals surface area (Å²) in [5.41, 5.74) is 2.31. The zero-order chi connectivity index (χ0) is 12.3. The average molecular weight is 220 g/mol. The molecular formula is C13H16O3. The molecule has 16 heavy (non-hydrogen) atoms. The third-order valence-corrected chi connectivity index (χ3v) is 2.31. The first-order valence-corrected chi connectivity index (χ1v) is 5.28. The standard InChI is InChI=1S/C13H16O3/c1-5-12(15)16-11-7-8(2)6-9(3)13(11)10(4)14/h6-7H,5H2,1-4H3. The van der Waals surface area contributed by atoms with E-state index in [1.165, 1.54) is 6.92 Å². The highest BCUT2D eigenvalue weighted by atomic mass is 16.5. The van der Waals surface area contributed by atoms with Crippen LogP contribution < -0.4 is 4.74 Å². The zero-order valence-corrected chi connectivity index (χ0v) is 10.1. The lowest BCUT2D eigenvalue weighted by Gasteiger charge is -2.11. The molecule has 1 rings (SSSR count). The minimum Gasteiger partial charge on any atom is -0.426 e. The molecule has 0 aliphatic heterocycles. The molecule has 0 saturated carbocycles. The molecule has 1 aromatic carbocycles. The number of hydrogen-bond acceptors (Lipinski definition) is 3. The predicted molar refractivity (Wildman–Crippen MR) is 61.8 cm³/mol. The Bertz CT molecular complexity index is 433. The molecule has 0 atom stereocenters. The van der Waals surface area contributed by atoms with Gasteiger partial charge < -0.3 is 4.74 Å². The second-order valence-electron chi connectivity index (χ2n) is 3.84. The van der Waals surface area contributed by atoms with E-state index in [2.05, 4.69) is 0 Å². The zero-order valence-electron chi connectivity index (χ0n) is 10.1. The monoisotopic (exact) mass is 220 g/mol. The normalized spacial score (nSPS) is 10.0. The van der Waals surface area contributed by atoms with E-state index in [-0.39, 0.29) is 11.8 Å². The van der Waals surface area contributed by atoms with Crippen molar-refractivity contribution in [3.63, 3.8) is 0 Å². The maximum Gasteiger partial charge on any atom is 0.310 e. The topological polar surface area (TPSA) is 43.4 Å². The minimum atomic E-state index is -0.326. The van der Waals surface area contributed by atoms with Crippen LogP contribution in [0.15, 0.2) is 12.1 Å². The predicted octanol–water partition coefficient (Wildman–Crippen LogP) is 2.82. The van der Waals surface area contributed by atoms with Gasteiger partial charge in [-0.2, -0.15) is 0 Å². The lowest BCUT2D eigenvalue weighted by molar-refractivity contribution is -0.134. The van der Waals surface area contributed by atoms with Crippen LogP contribution in [0.1, 0.15) is 41.8 Å². The first-order chi connectivity index (χ1) is 7.45. The third-order valence-electron chi connectivity index (χ3n) is 2.31. The van der Waals surface area contributed by atoms with Gasteiger partial charge in [0.1, 0.15) is 5.75 Å². The molecule has 3 heteroatoms. The Morgan fingerprint density at radius 3 is 2.38 bits per heavy atom. The Balaban J connectivity index is 3.24. The second-order valence-corrected chi connectivity index (χ2v) is 3.84. The highest BCUT2D eigenvalue weighted by Gasteiger charge is 2.14. The number of carbonyl (C=O) groups is 2. The van der Waals surface area contributed by atoms with Crippen molar-refractivity contribution in [2.24, 2.45) is 0 Å². The van der Waals surface area contributed by atoms with Crippen molar-refractivity contribution >= 4 is 11.8 Å². The Hall–Kier alpha value is -1.64. The SMILES string of the molecule is CCC(=O)Oc1cc(C)cc(C)c1C(C)=O. The molecule has 0 N–H and O–H groups in total. The summed E-state index contributed by atoms with van der Waals surface area (Å²) in [7, 11) is 0. The Morgan fingerprint density at radius 1 is 1.25 bits per heavy atom. The Labute approximate surface area is 95.4 Å². The summed E-state index contributed by atoms with van der Waals surface area (Å²) in [6.45, 7) is 6.94. The lowest BCUT2D eigenvalue weighted by Crippen LogP contribution is -2.10. The summed E-state index contributed by atoms with van der Waals surface area (Å²) in [6, 6.07) is 3.62. The molecule has 0 spiro atoms. The maximum atomic E-state index is 11.5. The fourth-order valence-corrected chi connectivity index (χ4v) is 1.66. The quantitative estimate of drug-likeness (QED) is 0.447. The summed E-state index contributed by atoms with van der Waals surface area (Å²) >= 11 is 0. The van der Waals surface area contributed by atoms with Crippen molar-refractivity contribution in [1.82, 2.24) is 0 Å². The van der Waals surface area contributed by atoms with E-state index in [1.807, 2.05) is 19.9 Å². The van der Waals surface area contributed by atoms with Gasteiger partial charge in [0.15, 0.2) is 5.78 Å². The Morgan fingerprint density at radius 2 is 1.88 bits per heavy atom. The molecule has 1 aromatic rings. The van der Waals surface area contributed by atoms with Gasteiger partial charge in [-0.3, -0.25) is 9.59 Å². The molecule has 0 amide bonds. The average Bonchev–Trinajstić information content (AvgIpc) is 2.15. The molecular weight excluding hydrogens is 204 g/mol. The van der Waals surface area contributed by atoms with Gasteiger partial charge in [-0.05, 0) is 38.0 Å². The van der Waals surface area contributed by atoms with Crippen LogP contribution >= 0.6 is 0 Å². The van der Waals surface area contributed by atoms with Crippen molar-refractivity contribution in [1.29, 1.82) is 0 Å². The van der Waals surface area contributed by atoms with E-state index in [1.54, 1.807) is 13.0 Å². The molecule has 0 heterocycles. The highest BCUT2D eigenvalue weighted by Crippen LogP contribution is 2.25. The van der Waals surface area contributed by atoms with Crippen LogP contribution in [0, 0.1) is 13.8 Å². The van der Waals surface area contributed by atoms with Gasteiger partial charge in [0.05, 0.1) is 5.56 Å². The van der Waals surface area contributed by atoms with Crippen LogP contribution in [0.3, 0.4) is 0 Å². The summed E-state index contributed by atoms with van der Waals surface area (Å²) in [5, 5.41) is 0. The molecule has 0 aromatic heterocycles. The number of benzene rings is 1. The fourth-order valence-electron chi connectivity index (χ4n) is 1.66. The van der Waals surface area contributed by atoms with Crippen LogP contribution in [-0.2, 0) is 4.79 Å². The smallest absolute Gasteiger partial charge is 0.310 e. The third kappa shape index (κ3) is 2.69. The van der Waals surface area contributed by atoms with Gasteiger partial charge in [0.2, 0.25) is 0 Å². The minimum absolute atomic E-state index is 0.0867. The largest absolute Gasteiger partial charge is 0.426 e. The number of ether oxygens (including phenoxy) is 1. The highest BCUT2D eigenvalue weighted by molar-refractivity contribution is 5.99. The number of Topliss-reactive ketones (excluding diaryl/α,β-unsaturated/α-hetero) is 1. The van der Waals surface area contributed by atoms with E-state index in [9.17, 15) is 9.59 Å². The van der Waals surface area contributed by atoms with Crippen LogP contribution in [0.2, 0.25) is 0 Å². The van der Waals surface area contributed by atoms with Gasteiger partial charge in [-0.1, -0.05) is 13.0 Å². The molecule has 86 valence electrons. The molecule has 0 bridgehead atoms. The number of esters is 1. The van der Waals surface area contributed by atoms with E-state index in [0.717, 1.165) is 11.1 Å². The number of hydrogen-bond donors (Lipinski definition) is 0. The Kier molecular flexibility index (Phi) is 3.82. The van der Waals surface area contributed by atoms with E-state index < -0.39 is 0 Å². The first kappa shape index (κ1) is 12.4. The van der Waals surface area contributed by atoms with Gasteiger partial charge in [0.25, 0.3) is 0 Å². The molecule has 3 nitrogen and oxygen atoms in total. The fraction of sp³-hybridized carbons (Fsp3) is 0.385. The van der Waals surface area contributed by atoms with Gasteiger partial charge >= 0.3 is 5.97 Å².